The van der Waals surface area contributed by atoms with Crippen molar-refractivity contribution in [2.45, 2.75) is 19.9 Å². The first kappa shape index (κ1) is 11.3. The molecule has 1 rings (SSSR count). The summed E-state index contributed by atoms with van der Waals surface area (Å²) in [6, 6.07) is 6.31. The summed E-state index contributed by atoms with van der Waals surface area (Å²) in [5.41, 5.74) is 7.72. The van der Waals surface area contributed by atoms with E-state index in [1.54, 1.807) is 0 Å². The van der Waals surface area contributed by atoms with Gasteiger partial charge in [-0.3, -0.25) is 5.41 Å². The molecule has 0 spiro atoms. The minimum atomic E-state index is 0.0135. The molecule has 4 N–H and O–H groups in total. The highest BCUT2D eigenvalue weighted by atomic mass is 127. The Morgan fingerprint density at radius 1 is 1.57 bits per heavy atom. The van der Waals surface area contributed by atoms with Crippen molar-refractivity contribution in [1.82, 2.24) is 5.32 Å². The fraction of sp³-hybridized carbons (Fsp3) is 0.300. The van der Waals surface area contributed by atoms with Crippen LogP contribution in [0.5, 0.6) is 0 Å². The van der Waals surface area contributed by atoms with Gasteiger partial charge in [0.2, 0.25) is 0 Å². The second-order valence-electron chi connectivity index (χ2n) is 3.05. The fourth-order valence-corrected chi connectivity index (χ4v) is 2.15. The summed E-state index contributed by atoms with van der Waals surface area (Å²) in [7, 11) is 0. The van der Waals surface area contributed by atoms with Crippen LogP contribution in [-0.4, -0.2) is 5.96 Å². The van der Waals surface area contributed by atoms with Crippen molar-refractivity contribution in [2.24, 2.45) is 5.73 Å². The standard InChI is InChI=1S/C10H14IN3/c1-2-8-4-3-7(5-9(8)11)6-14-10(12)13/h3-5H,2,6H2,1H3,(H4,12,13,14). The number of aryl methyl sites for hydroxylation is 1. The van der Waals surface area contributed by atoms with E-state index in [2.05, 4.69) is 53.0 Å². The first-order valence-corrected chi connectivity index (χ1v) is 5.56. The third-order valence-electron chi connectivity index (χ3n) is 1.98. The Labute approximate surface area is 97.7 Å². The Balaban J connectivity index is 2.71. The first-order valence-electron chi connectivity index (χ1n) is 4.48. The van der Waals surface area contributed by atoms with Crippen LogP contribution in [0.2, 0.25) is 0 Å². The third-order valence-corrected chi connectivity index (χ3v) is 2.99. The molecule has 1 aromatic rings. The van der Waals surface area contributed by atoms with Gasteiger partial charge in [0.25, 0.3) is 0 Å². The molecule has 1 aromatic carbocycles. The molecule has 0 saturated carbocycles. The summed E-state index contributed by atoms with van der Waals surface area (Å²) in [5, 5.41) is 9.82. The zero-order chi connectivity index (χ0) is 10.6. The lowest BCUT2D eigenvalue weighted by molar-refractivity contribution is 0.893. The quantitative estimate of drug-likeness (QED) is 0.453. The summed E-state index contributed by atoms with van der Waals surface area (Å²) in [6.07, 6.45) is 1.05. The Kier molecular flexibility index (Phi) is 4.19. The van der Waals surface area contributed by atoms with Crippen LogP contribution < -0.4 is 11.1 Å². The molecule has 0 aliphatic rings. The molecule has 0 radical (unpaired) electrons. The molecular formula is C10H14IN3. The van der Waals surface area contributed by atoms with E-state index in [4.69, 9.17) is 11.1 Å². The Morgan fingerprint density at radius 3 is 2.79 bits per heavy atom. The van der Waals surface area contributed by atoms with Crippen molar-refractivity contribution in [1.29, 1.82) is 5.41 Å². The second-order valence-corrected chi connectivity index (χ2v) is 4.21. The van der Waals surface area contributed by atoms with Crippen molar-refractivity contribution in [3.8, 4) is 0 Å². The summed E-state index contributed by atoms with van der Waals surface area (Å²) < 4.78 is 1.27. The number of halogens is 1. The lowest BCUT2D eigenvalue weighted by Crippen LogP contribution is -2.29. The lowest BCUT2D eigenvalue weighted by Gasteiger charge is -2.06. The topological polar surface area (TPSA) is 61.9 Å². The van der Waals surface area contributed by atoms with Crippen molar-refractivity contribution in [3.05, 3.63) is 32.9 Å². The van der Waals surface area contributed by atoms with Gasteiger partial charge in [0.15, 0.2) is 5.96 Å². The highest BCUT2D eigenvalue weighted by molar-refractivity contribution is 14.1. The van der Waals surface area contributed by atoms with Crippen molar-refractivity contribution >= 4 is 28.6 Å². The zero-order valence-corrected chi connectivity index (χ0v) is 10.3. The van der Waals surface area contributed by atoms with Gasteiger partial charge in [-0.15, -0.1) is 0 Å². The number of benzene rings is 1. The van der Waals surface area contributed by atoms with Gasteiger partial charge in [-0.1, -0.05) is 19.1 Å². The van der Waals surface area contributed by atoms with Crippen LogP contribution >= 0.6 is 22.6 Å². The Bertz CT molecular complexity index is 336. The van der Waals surface area contributed by atoms with Crippen LogP contribution in [0.4, 0.5) is 0 Å². The smallest absolute Gasteiger partial charge is 0.185 e. The Hall–Kier alpha value is -0.780. The molecule has 0 heterocycles. The third kappa shape index (κ3) is 3.17. The fourth-order valence-electron chi connectivity index (χ4n) is 1.18. The van der Waals surface area contributed by atoms with Gasteiger partial charge in [-0.2, -0.15) is 0 Å². The molecule has 4 heteroatoms. The van der Waals surface area contributed by atoms with Gasteiger partial charge in [0.1, 0.15) is 0 Å². The van der Waals surface area contributed by atoms with E-state index in [1.807, 2.05) is 0 Å². The maximum atomic E-state index is 7.04. The number of nitrogens with one attached hydrogen (secondary N) is 2. The van der Waals surface area contributed by atoms with E-state index >= 15 is 0 Å². The van der Waals surface area contributed by atoms with E-state index in [0.29, 0.717) is 6.54 Å². The zero-order valence-electron chi connectivity index (χ0n) is 8.10. The summed E-state index contributed by atoms with van der Waals surface area (Å²) in [6.45, 7) is 2.76. The summed E-state index contributed by atoms with van der Waals surface area (Å²) >= 11 is 2.33. The number of hydrogen-bond donors (Lipinski definition) is 3. The van der Waals surface area contributed by atoms with Crippen molar-refractivity contribution < 1.29 is 0 Å². The second kappa shape index (κ2) is 5.19. The molecule has 0 aromatic heterocycles. The molecule has 0 amide bonds. The number of nitrogens with two attached hydrogens (primary N) is 1. The lowest BCUT2D eigenvalue weighted by atomic mass is 10.1. The molecule has 3 nitrogen and oxygen atoms in total. The average molecular weight is 303 g/mol. The molecule has 0 aliphatic carbocycles. The predicted molar refractivity (Wildman–Crippen MR) is 67.3 cm³/mol. The van der Waals surface area contributed by atoms with Crippen LogP contribution in [0, 0.1) is 8.98 Å². The number of rotatable bonds is 3. The minimum Gasteiger partial charge on any atom is -0.370 e. The summed E-state index contributed by atoms with van der Waals surface area (Å²) in [5.74, 6) is 0.0135. The molecule has 0 fully saturated rings. The highest BCUT2D eigenvalue weighted by Crippen LogP contribution is 2.14. The maximum Gasteiger partial charge on any atom is 0.185 e. The van der Waals surface area contributed by atoms with Gasteiger partial charge in [-0.25, -0.2) is 0 Å². The first-order chi connectivity index (χ1) is 6.63. The van der Waals surface area contributed by atoms with Gasteiger partial charge in [0, 0.05) is 10.1 Å². The van der Waals surface area contributed by atoms with E-state index in [-0.39, 0.29) is 5.96 Å². The van der Waals surface area contributed by atoms with Crippen LogP contribution in [0.25, 0.3) is 0 Å². The average Bonchev–Trinajstić information content (AvgIpc) is 2.15. The van der Waals surface area contributed by atoms with Crippen molar-refractivity contribution in [3.63, 3.8) is 0 Å². The van der Waals surface area contributed by atoms with Crippen molar-refractivity contribution in [2.75, 3.05) is 0 Å². The molecule has 0 atom stereocenters. The van der Waals surface area contributed by atoms with Gasteiger partial charge in [-0.05, 0) is 46.2 Å². The molecule has 0 bridgehead atoms. The number of guanidine groups is 1. The predicted octanol–water partition coefficient (Wildman–Crippen LogP) is 1.84. The molecule has 0 unspecified atom stereocenters. The molecule has 0 saturated heterocycles. The maximum absolute atomic E-state index is 7.04. The van der Waals surface area contributed by atoms with Crippen LogP contribution in [0.1, 0.15) is 18.1 Å². The minimum absolute atomic E-state index is 0.0135. The number of hydrogen-bond acceptors (Lipinski definition) is 1. The van der Waals surface area contributed by atoms with Crippen LogP contribution in [0.15, 0.2) is 18.2 Å². The van der Waals surface area contributed by atoms with Gasteiger partial charge < -0.3 is 11.1 Å². The molecule has 0 aliphatic heterocycles. The molecular weight excluding hydrogens is 289 g/mol. The SMILES string of the molecule is CCc1ccc(CNC(=N)N)cc1I. The highest BCUT2D eigenvalue weighted by Gasteiger charge is 1.99. The summed E-state index contributed by atoms with van der Waals surface area (Å²) in [4.78, 5) is 0. The van der Waals surface area contributed by atoms with E-state index in [9.17, 15) is 0 Å². The van der Waals surface area contributed by atoms with Crippen LogP contribution in [0.3, 0.4) is 0 Å². The van der Waals surface area contributed by atoms with Crippen LogP contribution in [-0.2, 0) is 13.0 Å². The van der Waals surface area contributed by atoms with E-state index < -0.39 is 0 Å². The van der Waals surface area contributed by atoms with E-state index in [1.165, 1.54) is 9.13 Å². The molecule has 14 heavy (non-hydrogen) atoms. The van der Waals surface area contributed by atoms with Gasteiger partial charge >= 0.3 is 0 Å². The largest absolute Gasteiger partial charge is 0.370 e. The monoisotopic (exact) mass is 303 g/mol. The van der Waals surface area contributed by atoms with Gasteiger partial charge in [0.05, 0.1) is 0 Å². The normalized spacial score (nSPS) is 9.86. The van der Waals surface area contributed by atoms with E-state index in [0.717, 1.165) is 12.0 Å². The Morgan fingerprint density at radius 2 is 2.29 bits per heavy atom. The molecule has 76 valence electrons.